The van der Waals surface area contributed by atoms with Gasteiger partial charge in [0, 0.05) is 43.8 Å². The molecule has 2 saturated heterocycles. The zero-order valence-corrected chi connectivity index (χ0v) is 29.5. The van der Waals surface area contributed by atoms with E-state index in [-0.39, 0.29) is 29.7 Å². The number of fused-ring (bicyclic) bond motifs is 1. The number of rotatable bonds is 12. The number of carbonyl (C=O) groups is 2. The van der Waals surface area contributed by atoms with Gasteiger partial charge in [-0.1, -0.05) is 49.9 Å². The van der Waals surface area contributed by atoms with Crippen LogP contribution in [0.5, 0.6) is 5.75 Å². The first-order chi connectivity index (χ1) is 24.0. The van der Waals surface area contributed by atoms with Gasteiger partial charge < -0.3 is 25.0 Å². The Morgan fingerprint density at radius 3 is 2.34 bits per heavy atom. The third kappa shape index (κ3) is 9.21. The highest BCUT2D eigenvalue weighted by Gasteiger charge is 2.37. The van der Waals surface area contributed by atoms with Gasteiger partial charge in [-0.3, -0.25) is 9.59 Å². The summed E-state index contributed by atoms with van der Waals surface area (Å²) in [4.78, 5) is 30.9. The van der Waals surface area contributed by atoms with E-state index in [2.05, 4.69) is 16.3 Å². The number of likely N-dealkylation sites (tertiary alicyclic amines) is 2. The highest BCUT2D eigenvalue weighted by Crippen LogP contribution is 2.39. The van der Waals surface area contributed by atoms with E-state index in [4.69, 9.17) is 4.74 Å². The van der Waals surface area contributed by atoms with Crippen molar-refractivity contribution in [3.05, 3.63) is 58.7 Å². The predicted molar refractivity (Wildman–Crippen MR) is 188 cm³/mol. The van der Waals surface area contributed by atoms with Crippen LogP contribution in [-0.4, -0.2) is 71.7 Å². The molecule has 2 aromatic rings. The molecule has 0 unspecified atom stereocenters. The molecule has 0 aromatic heterocycles. The largest absolute Gasteiger partial charge is 0.507 e. The summed E-state index contributed by atoms with van der Waals surface area (Å²) >= 11 is 0. The molecule has 0 bridgehead atoms. The second-order valence-corrected chi connectivity index (χ2v) is 15.3. The molecular formula is C40H54F3N3O4. The molecule has 10 heteroatoms. The summed E-state index contributed by atoms with van der Waals surface area (Å²) < 4.78 is 47.4. The monoisotopic (exact) mass is 697 g/mol. The number of piperidine rings is 1. The highest BCUT2D eigenvalue weighted by atomic mass is 19.4. The number of aryl methyl sites for hydroxylation is 1. The van der Waals surface area contributed by atoms with Crippen molar-refractivity contribution in [2.24, 2.45) is 17.8 Å². The number of nitrogens with zero attached hydrogens (tertiary/aromatic N) is 2. The molecule has 3 aliphatic heterocycles. The summed E-state index contributed by atoms with van der Waals surface area (Å²) in [7, 11) is 0. The van der Waals surface area contributed by atoms with Crippen molar-refractivity contribution in [3.63, 3.8) is 0 Å². The quantitative estimate of drug-likeness (QED) is 0.221. The van der Waals surface area contributed by atoms with E-state index in [0.29, 0.717) is 43.1 Å². The van der Waals surface area contributed by atoms with Crippen LogP contribution in [0.3, 0.4) is 0 Å². The molecule has 2 aromatic carbocycles. The lowest BCUT2D eigenvalue weighted by atomic mass is 9.77. The number of amides is 2. The molecule has 1 saturated carbocycles. The van der Waals surface area contributed by atoms with Crippen molar-refractivity contribution in [1.82, 2.24) is 9.80 Å². The molecule has 0 spiro atoms. The van der Waals surface area contributed by atoms with Crippen molar-refractivity contribution >= 4 is 17.5 Å². The van der Waals surface area contributed by atoms with E-state index < -0.39 is 23.6 Å². The molecule has 0 radical (unpaired) electrons. The van der Waals surface area contributed by atoms with Crippen molar-refractivity contribution in [1.29, 1.82) is 0 Å². The molecule has 274 valence electrons. The molecule has 2 amide bonds. The predicted octanol–water partition coefficient (Wildman–Crippen LogP) is 7.91. The van der Waals surface area contributed by atoms with Gasteiger partial charge in [0.2, 0.25) is 5.91 Å². The average molecular weight is 698 g/mol. The summed E-state index contributed by atoms with van der Waals surface area (Å²) in [6.07, 6.45) is 7.90. The smallest absolute Gasteiger partial charge is 0.419 e. The lowest BCUT2D eigenvalue weighted by Crippen LogP contribution is -2.49. The molecule has 7 nitrogen and oxygen atoms in total. The van der Waals surface area contributed by atoms with Gasteiger partial charge in [-0.2, -0.15) is 13.2 Å². The summed E-state index contributed by atoms with van der Waals surface area (Å²) in [6, 6.07) is 11.0. The number of alkyl halides is 3. The van der Waals surface area contributed by atoms with Crippen molar-refractivity contribution in [3.8, 4) is 5.75 Å². The first-order valence-corrected chi connectivity index (χ1v) is 19.0. The number of hydrogen-bond acceptors (Lipinski definition) is 5. The van der Waals surface area contributed by atoms with E-state index in [1.165, 1.54) is 31.4 Å². The van der Waals surface area contributed by atoms with Crippen molar-refractivity contribution in [2.45, 2.75) is 115 Å². The van der Waals surface area contributed by atoms with Crippen LogP contribution in [0, 0.1) is 24.7 Å². The summed E-state index contributed by atoms with van der Waals surface area (Å²) in [5.41, 5.74) is 1.56. The number of anilines is 1. The maximum absolute atomic E-state index is 13.8. The standard InChI is InChI=1S/C40H54F3N3O4/c1-27-23-30(24-34(37(27)47)40(41,42)43)25-36(39(49)46-20-16-33(17-21-46)45-18-4-5-19-45)50-22-6-7-28-10-12-29(13-11-28)14-15-32-26-31-8-2-3-9-35(31)44-38(32)48/h2-3,8-9,23-24,28-29,32-33,36,47H,4-7,10-22,25-26H2,1H3,(H,44,48)/t28?,29?,32-,36-/m1/s1. The minimum atomic E-state index is -4.70. The number of nitrogens with one attached hydrogen (secondary N) is 1. The maximum Gasteiger partial charge on any atom is 0.419 e. The Kier molecular flexibility index (Phi) is 12.1. The highest BCUT2D eigenvalue weighted by molar-refractivity contribution is 5.95. The molecule has 50 heavy (non-hydrogen) atoms. The normalized spacial score (nSPS) is 24.2. The van der Waals surface area contributed by atoms with Crippen LogP contribution in [0.1, 0.15) is 99.3 Å². The first kappa shape index (κ1) is 36.7. The zero-order chi connectivity index (χ0) is 35.3. The minimum absolute atomic E-state index is 0.0325. The minimum Gasteiger partial charge on any atom is -0.507 e. The molecule has 3 fully saturated rings. The van der Waals surface area contributed by atoms with Crippen LogP contribution in [0.25, 0.3) is 0 Å². The Hall–Kier alpha value is -3.11. The fourth-order valence-electron chi connectivity index (χ4n) is 8.87. The molecule has 4 aliphatic rings. The number of phenols is 1. The SMILES string of the molecule is Cc1cc(C[C@@H](OCCCC2CCC(CC[C@@H]3Cc4ccccc4NC3=O)CC2)C(=O)N2CCC(N3CCCC3)CC2)cc(C(F)(F)F)c1O. The van der Waals surface area contributed by atoms with E-state index >= 15 is 0 Å². The van der Waals surface area contributed by atoms with Crippen LogP contribution in [-0.2, 0) is 33.3 Å². The molecule has 6 rings (SSSR count). The topological polar surface area (TPSA) is 82.1 Å². The van der Waals surface area contributed by atoms with Crippen LogP contribution in [0.15, 0.2) is 36.4 Å². The van der Waals surface area contributed by atoms with Gasteiger partial charge in [-0.15, -0.1) is 0 Å². The second kappa shape index (κ2) is 16.5. The molecule has 2 atom stereocenters. The average Bonchev–Trinajstić information content (AvgIpc) is 3.65. The van der Waals surface area contributed by atoms with Crippen LogP contribution >= 0.6 is 0 Å². The Morgan fingerprint density at radius 1 is 0.960 bits per heavy atom. The Balaban J connectivity index is 0.985. The summed E-state index contributed by atoms with van der Waals surface area (Å²) in [5, 5.41) is 13.2. The summed E-state index contributed by atoms with van der Waals surface area (Å²) in [5.74, 6) is 0.486. The molecule has 3 heterocycles. The number of phenolic OH excluding ortho intramolecular Hbond substituents is 1. The lowest BCUT2D eigenvalue weighted by Gasteiger charge is -2.38. The Labute approximate surface area is 294 Å². The number of para-hydroxylation sites is 1. The molecule has 2 N–H and O–H groups in total. The van der Waals surface area contributed by atoms with E-state index in [1.54, 1.807) is 0 Å². The van der Waals surface area contributed by atoms with E-state index in [1.807, 2.05) is 23.1 Å². The van der Waals surface area contributed by atoms with Gasteiger partial charge in [0.25, 0.3) is 5.91 Å². The fraction of sp³-hybridized carbons (Fsp3) is 0.650. The van der Waals surface area contributed by atoms with Crippen molar-refractivity contribution < 1.29 is 32.6 Å². The van der Waals surface area contributed by atoms with E-state index in [0.717, 1.165) is 95.5 Å². The fourth-order valence-corrected chi connectivity index (χ4v) is 8.87. The lowest BCUT2D eigenvalue weighted by molar-refractivity contribution is -0.145. The van der Waals surface area contributed by atoms with Gasteiger partial charge in [0.15, 0.2) is 0 Å². The summed E-state index contributed by atoms with van der Waals surface area (Å²) in [6.45, 7) is 5.32. The van der Waals surface area contributed by atoms with E-state index in [9.17, 15) is 27.9 Å². The van der Waals surface area contributed by atoms with Gasteiger partial charge in [0.05, 0.1) is 5.56 Å². The molecule has 1 aliphatic carbocycles. The van der Waals surface area contributed by atoms with Crippen molar-refractivity contribution in [2.75, 3.05) is 38.1 Å². The number of hydrogen-bond donors (Lipinski definition) is 2. The van der Waals surface area contributed by atoms with Crippen LogP contribution < -0.4 is 5.32 Å². The number of ether oxygens (including phenoxy) is 1. The number of carbonyl (C=O) groups excluding carboxylic acids is 2. The third-order valence-electron chi connectivity index (χ3n) is 11.9. The number of halogens is 3. The Morgan fingerprint density at radius 2 is 1.64 bits per heavy atom. The van der Waals surface area contributed by atoms with Gasteiger partial charge in [0.1, 0.15) is 11.9 Å². The van der Waals surface area contributed by atoms with Gasteiger partial charge in [-0.25, -0.2) is 0 Å². The number of benzene rings is 2. The molecular weight excluding hydrogens is 643 g/mol. The van der Waals surface area contributed by atoms with Gasteiger partial charge in [-0.05, 0) is 118 Å². The second-order valence-electron chi connectivity index (χ2n) is 15.3. The third-order valence-corrected chi connectivity index (χ3v) is 11.9. The van der Waals surface area contributed by atoms with Crippen LogP contribution in [0.4, 0.5) is 18.9 Å². The number of aromatic hydroxyl groups is 1. The van der Waals surface area contributed by atoms with Gasteiger partial charge >= 0.3 is 6.18 Å². The first-order valence-electron chi connectivity index (χ1n) is 19.0. The Bertz CT molecular complexity index is 1460. The zero-order valence-electron chi connectivity index (χ0n) is 29.5. The maximum atomic E-state index is 13.8. The van der Waals surface area contributed by atoms with Crippen LogP contribution in [0.2, 0.25) is 0 Å².